The highest BCUT2D eigenvalue weighted by Crippen LogP contribution is 2.15. The molecule has 0 bridgehead atoms. The summed E-state index contributed by atoms with van der Waals surface area (Å²) in [6.07, 6.45) is 2.49. The van der Waals surface area contributed by atoms with Gasteiger partial charge < -0.3 is 10.4 Å². The lowest BCUT2D eigenvalue weighted by atomic mass is 10.1. The molecule has 0 aromatic heterocycles. The minimum absolute atomic E-state index is 0.154. The number of carbonyl (C=O) groups is 2. The lowest BCUT2D eigenvalue weighted by Gasteiger charge is -2.11. The van der Waals surface area contributed by atoms with E-state index < -0.39 is 5.97 Å². The Labute approximate surface area is 121 Å². The van der Waals surface area contributed by atoms with Crippen molar-refractivity contribution in [1.29, 1.82) is 0 Å². The van der Waals surface area contributed by atoms with Crippen LogP contribution in [-0.4, -0.2) is 33.5 Å². The Morgan fingerprint density at radius 2 is 2.05 bits per heavy atom. The molecule has 2 rings (SSSR count). The van der Waals surface area contributed by atoms with Gasteiger partial charge in [0.25, 0.3) is 5.91 Å². The fraction of sp³-hybridized carbons (Fsp3) is 0.214. The zero-order valence-corrected chi connectivity index (χ0v) is 11.7. The number of carboxylic acids is 1. The van der Waals surface area contributed by atoms with Crippen LogP contribution in [0.25, 0.3) is 6.08 Å². The fourth-order valence-corrected chi connectivity index (χ4v) is 2.17. The van der Waals surface area contributed by atoms with Gasteiger partial charge in [-0.3, -0.25) is 9.69 Å². The summed E-state index contributed by atoms with van der Waals surface area (Å²) in [5, 5.41) is 12.1. The lowest BCUT2D eigenvalue weighted by molar-refractivity contribution is -0.122. The zero-order valence-electron chi connectivity index (χ0n) is 10.9. The van der Waals surface area contributed by atoms with Gasteiger partial charge in [0.15, 0.2) is 5.11 Å². The number of carbonyl (C=O) groups excluding carboxylic acids is 1. The van der Waals surface area contributed by atoms with Crippen molar-refractivity contribution in [3.05, 3.63) is 41.1 Å². The molecule has 6 heteroatoms. The topological polar surface area (TPSA) is 69.6 Å². The molecule has 0 saturated carbocycles. The van der Waals surface area contributed by atoms with Gasteiger partial charge >= 0.3 is 5.97 Å². The van der Waals surface area contributed by atoms with E-state index in [-0.39, 0.29) is 11.5 Å². The predicted octanol–water partition coefficient (Wildman–Crippen LogP) is 1.85. The van der Waals surface area contributed by atoms with Crippen LogP contribution >= 0.6 is 12.2 Å². The van der Waals surface area contributed by atoms with Crippen molar-refractivity contribution in [3.63, 3.8) is 0 Å². The molecule has 5 nitrogen and oxygen atoms in total. The van der Waals surface area contributed by atoms with Crippen LogP contribution in [0.2, 0.25) is 0 Å². The average Bonchev–Trinajstić information content (AvgIpc) is 2.67. The predicted molar refractivity (Wildman–Crippen MR) is 79.1 cm³/mol. The van der Waals surface area contributed by atoms with E-state index in [0.29, 0.717) is 17.4 Å². The zero-order chi connectivity index (χ0) is 14.7. The molecule has 0 spiro atoms. The number of nitrogens with zero attached hydrogens (tertiary/aromatic N) is 1. The first kappa shape index (κ1) is 14.2. The Bertz CT molecular complexity index is 593. The van der Waals surface area contributed by atoms with Gasteiger partial charge in [0.2, 0.25) is 0 Å². The Balaban J connectivity index is 2.21. The van der Waals surface area contributed by atoms with Crippen molar-refractivity contribution in [1.82, 2.24) is 10.2 Å². The van der Waals surface area contributed by atoms with Crippen LogP contribution in [0.4, 0.5) is 0 Å². The molecule has 1 aromatic rings. The third-order valence-electron chi connectivity index (χ3n) is 2.88. The van der Waals surface area contributed by atoms with Crippen molar-refractivity contribution < 1.29 is 14.7 Å². The Hall–Kier alpha value is -2.21. The molecule has 20 heavy (non-hydrogen) atoms. The highest BCUT2D eigenvalue weighted by molar-refractivity contribution is 7.80. The van der Waals surface area contributed by atoms with Crippen LogP contribution < -0.4 is 5.32 Å². The molecule has 104 valence electrons. The standard InChI is InChI=1S/C14H14N2O3S/c1-2-7-16-12(17)11(15-14(16)20)8-9-3-5-10(6-4-9)13(18)19/h3-6,8H,2,7H2,1H3,(H,15,20)(H,18,19)/b11-8+. The number of carboxylic acid groups (broad SMARTS) is 1. The van der Waals surface area contributed by atoms with Gasteiger partial charge in [-0.2, -0.15) is 0 Å². The molecule has 1 heterocycles. The summed E-state index contributed by atoms with van der Waals surface area (Å²) in [4.78, 5) is 24.4. The first-order valence-electron chi connectivity index (χ1n) is 6.21. The molecular weight excluding hydrogens is 276 g/mol. The first-order valence-corrected chi connectivity index (χ1v) is 6.61. The van der Waals surface area contributed by atoms with Crippen LogP contribution in [-0.2, 0) is 4.79 Å². The second kappa shape index (κ2) is 5.83. The smallest absolute Gasteiger partial charge is 0.335 e. The molecular formula is C14H14N2O3S. The van der Waals surface area contributed by atoms with Crippen LogP contribution in [0, 0.1) is 0 Å². The van der Waals surface area contributed by atoms with Gasteiger partial charge in [-0.1, -0.05) is 19.1 Å². The van der Waals surface area contributed by atoms with Crippen LogP contribution in [0.15, 0.2) is 30.0 Å². The number of rotatable bonds is 4. The Morgan fingerprint density at radius 3 is 2.60 bits per heavy atom. The molecule has 0 aliphatic carbocycles. The Kier molecular flexibility index (Phi) is 4.14. The molecule has 1 fully saturated rings. The van der Waals surface area contributed by atoms with Crippen molar-refractivity contribution in [2.45, 2.75) is 13.3 Å². The number of hydrogen-bond acceptors (Lipinski definition) is 3. The normalized spacial score (nSPS) is 16.6. The van der Waals surface area contributed by atoms with Gasteiger partial charge in [-0.15, -0.1) is 0 Å². The summed E-state index contributed by atoms with van der Waals surface area (Å²) in [7, 11) is 0. The third-order valence-corrected chi connectivity index (χ3v) is 3.20. The first-order chi connectivity index (χ1) is 9.52. The summed E-state index contributed by atoms with van der Waals surface area (Å²) < 4.78 is 0. The fourth-order valence-electron chi connectivity index (χ4n) is 1.89. The second-order valence-electron chi connectivity index (χ2n) is 4.37. The summed E-state index contributed by atoms with van der Waals surface area (Å²) >= 11 is 5.11. The van der Waals surface area contributed by atoms with E-state index in [0.717, 1.165) is 12.0 Å². The van der Waals surface area contributed by atoms with Crippen molar-refractivity contribution >= 4 is 35.3 Å². The number of hydrogen-bond donors (Lipinski definition) is 2. The maximum atomic E-state index is 12.1. The molecule has 1 aliphatic heterocycles. The highest BCUT2D eigenvalue weighted by Gasteiger charge is 2.29. The van der Waals surface area contributed by atoms with E-state index in [9.17, 15) is 9.59 Å². The molecule has 1 aliphatic rings. The van der Waals surface area contributed by atoms with E-state index in [4.69, 9.17) is 17.3 Å². The number of amides is 1. The van der Waals surface area contributed by atoms with Crippen LogP contribution in [0.3, 0.4) is 0 Å². The molecule has 0 unspecified atom stereocenters. The molecule has 0 atom stereocenters. The maximum absolute atomic E-state index is 12.1. The van der Waals surface area contributed by atoms with E-state index in [2.05, 4.69) is 5.32 Å². The summed E-state index contributed by atoms with van der Waals surface area (Å²) in [5.74, 6) is -1.13. The van der Waals surface area contributed by atoms with Crippen molar-refractivity contribution in [2.75, 3.05) is 6.54 Å². The molecule has 0 radical (unpaired) electrons. The van der Waals surface area contributed by atoms with Gasteiger partial charge in [0.05, 0.1) is 5.56 Å². The van der Waals surface area contributed by atoms with Crippen molar-refractivity contribution in [3.8, 4) is 0 Å². The van der Waals surface area contributed by atoms with Crippen LogP contribution in [0.5, 0.6) is 0 Å². The number of thiocarbonyl (C=S) groups is 1. The summed E-state index contributed by atoms with van der Waals surface area (Å²) in [5.41, 5.74) is 1.36. The average molecular weight is 290 g/mol. The minimum atomic E-state index is -0.977. The Morgan fingerprint density at radius 1 is 1.40 bits per heavy atom. The number of benzene rings is 1. The minimum Gasteiger partial charge on any atom is -0.478 e. The van der Waals surface area contributed by atoms with Gasteiger partial charge in [-0.05, 0) is 42.4 Å². The number of nitrogens with one attached hydrogen (secondary N) is 1. The maximum Gasteiger partial charge on any atom is 0.335 e. The van der Waals surface area contributed by atoms with Crippen LogP contribution in [0.1, 0.15) is 29.3 Å². The molecule has 1 saturated heterocycles. The van der Waals surface area contributed by atoms with E-state index >= 15 is 0 Å². The largest absolute Gasteiger partial charge is 0.478 e. The monoisotopic (exact) mass is 290 g/mol. The lowest BCUT2D eigenvalue weighted by Crippen LogP contribution is -2.31. The van der Waals surface area contributed by atoms with Crippen molar-refractivity contribution in [2.24, 2.45) is 0 Å². The van der Waals surface area contributed by atoms with E-state index in [1.54, 1.807) is 18.2 Å². The number of aromatic carboxylic acids is 1. The SMILES string of the molecule is CCCN1C(=O)/C(=C\c2ccc(C(=O)O)cc2)NC1=S. The van der Waals surface area contributed by atoms with E-state index in [1.807, 2.05) is 6.92 Å². The van der Waals surface area contributed by atoms with Gasteiger partial charge in [0.1, 0.15) is 5.70 Å². The molecule has 1 amide bonds. The van der Waals surface area contributed by atoms with Gasteiger partial charge in [0, 0.05) is 6.54 Å². The van der Waals surface area contributed by atoms with Gasteiger partial charge in [-0.25, -0.2) is 4.79 Å². The second-order valence-corrected chi connectivity index (χ2v) is 4.76. The van der Waals surface area contributed by atoms with E-state index in [1.165, 1.54) is 17.0 Å². The highest BCUT2D eigenvalue weighted by atomic mass is 32.1. The third kappa shape index (κ3) is 2.85. The summed E-state index contributed by atoms with van der Waals surface area (Å²) in [6, 6.07) is 6.29. The molecule has 2 N–H and O–H groups in total. The summed E-state index contributed by atoms with van der Waals surface area (Å²) in [6.45, 7) is 2.56. The molecule has 1 aromatic carbocycles. The quantitative estimate of drug-likeness (QED) is 0.654.